The molecule has 0 bridgehead atoms. The molecular formula is C28H25Cl2N7O2. The minimum Gasteiger partial charge on any atom is -0.497 e. The van der Waals surface area contributed by atoms with Crippen LogP contribution in [0.25, 0.3) is 11.1 Å². The van der Waals surface area contributed by atoms with E-state index in [2.05, 4.69) is 24.9 Å². The second-order valence-corrected chi connectivity index (χ2v) is 9.97. The average Bonchev–Trinajstić information content (AvgIpc) is 3.71. The molecule has 0 radical (unpaired) electrons. The highest BCUT2D eigenvalue weighted by Crippen LogP contribution is 2.33. The zero-order valence-corrected chi connectivity index (χ0v) is 22.7. The first kappa shape index (κ1) is 25.3. The fraction of sp³-hybridized carbons (Fsp3) is 0.250. The van der Waals surface area contributed by atoms with Crippen molar-refractivity contribution >= 4 is 34.9 Å². The molecule has 4 aromatic rings. The van der Waals surface area contributed by atoms with Crippen LogP contribution in [0.3, 0.4) is 0 Å². The fourth-order valence-electron chi connectivity index (χ4n) is 4.77. The summed E-state index contributed by atoms with van der Waals surface area (Å²) in [7, 11) is 1.65. The Kier molecular flexibility index (Phi) is 7.17. The van der Waals surface area contributed by atoms with Crippen LogP contribution in [-0.4, -0.2) is 69.9 Å². The number of ether oxygens (including phenoxy) is 1. The summed E-state index contributed by atoms with van der Waals surface area (Å²) < 4.78 is 11.5. The van der Waals surface area contributed by atoms with Crippen LogP contribution in [0.1, 0.15) is 22.6 Å². The standard InChI is InChI=1S/C28H25Cl2N7O2/c1-38-21-6-4-20(5-7-21)24-25(27-31-10-12-36(27)16-18-2-8-22(29)33-14-18)35-39-26(24)28-32-11-13-37(28)17-19-3-9-23(30)34-15-19/h2-9,14-15H,10-13,16-17H2,1H3. The molecule has 0 aliphatic carbocycles. The smallest absolute Gasteiger partial charge is 0.210 e. The van der Waals surface area contributed by atoms with Crippen LogP contribution in [0.4, 0.5) is 0 Å². The van der Waals surface area contributed by atoms with Crippen LogP contribution in [-0.2, 0) is 13.1 Å². The SMILES string of the molecule is COc1ccc(-c2c(C3=NCCN3Cc3ccc(Cl)nc3)noc2C2=NCCN2Cc2ccc(Cl)nc2)cc1. The van der Waals surface area contributed by atoms with E-state index < -0.39 is 0 Å². The molecule has 2 aliphatic rings. The van der Waals surface area contributed by atoms with E-state index in [1.807, 2.05) is 36.4 Å². The molecule has 0 fully saturated rings. The molecule has 0 saturated heterocycles. The third kappa shape index (κ3) is 5.32. The Bertz CT molecular complexity index is 1430. The number of hydrogen-bond donors (Lipinski definition) is 0. The Balaban J connectivity index is 1.37. The Labute approximate surface area is 235 Å². The van der Waals surface area contributed by atoms with Gasteiger partial charge in [-0.3, -0.25) is 9.98 Å². The van der Waals surface area contributed by atoms with Crippen molar-refractivity contribution < 1.29 is 9.26 Å². The van der Waals surface area contributed by atoms with Crippen LogP contribution in [0.15, 0.2) is 75.4 Å². The molecule has 1 aromatic carbocycles. The summed E-state index contributed by atoms with van der Waals surface area (Å²) in [5.41, 5.74) is 4.52. The number of aromatic nitrogens is 3. The molecule has 39 heavy (non-hydrogen) atoms. The molecule has 198 valence electrons. The average molecular weight is 562 g/mol. The molecular weight excluding hydrogens is 537 g/mol. The molecule has 0 N–H and O–H groups in total. The number of rotatable bonds is 8. The first-order chi connectivity index (χ1) is 19.1. The van der Waals surface area contributed by atoms with Crippen molar-refractivity contribution in [2.75, 3.05) is 33.3 Å². The summed E-state index contributed by atoms with van der Waals surface area (Å²) in [4.78, 5) is 22.5. The predicted octanol–water partition coefficient (Wildman–Crippen LogP) is 4.97. The molecule has 2 aliphatic heterocycles. The Morgan fingerprint density at radius 3 is 1.95 bits per heavy atom. The van der Waals surface area contributed by atoms with Gasteiger partial charge in [-0.2, -0.15) is 0 Å². The Hall–Kier alpha value is -3.95. The first-order valence-electron chi connectivity index (χ1n) is 12.5. The summed E-state index contributed by atoms with van der Waals surface area (Å²) in [6.07, 6.45) is 3.57. The molecule has 5 heterocycles. The molecule has 11 heteroatoms. The molecule has 0 spiro atoms. The molecule has 0 amide bonds. The number of nitrogens with zero attached hydrogens (tertiary/aromatic N) is 7. The van der Waals surface area contributed by atoms with Crippen molar-refractivity contribution in [1.29, 1.82) is 0 Å². The largest absolute Gasteiger partial charge is 0.497 e. The number of methoxy groups -OCH3 is 1. The van der Waals surface area contributed by atoms with Gasteiger partial charge >= 0.3 is 0 Å². The zero-order chi connectivity index (χ0) is 26.8. The van der Waals surface area contributed by atoms with E-state index >= 15 is 0 Å². The Morgan fingerprint density at radius 1 is 0.795 bits per heavy atom. The fourth-order valence-corrected chi connectivity index (χ4v) is 5.00. The lowest BCUT2D eigenvalue weighted by molar-refractivity contribution is 0.387. The third-order valence-electron chi connectivity index (χ3n) is 6.67. The second kappa shape index (κ2) is 11.0. The van der Waals surface area contributed by atoms with Crippen molar-refractivity contribution in [3.8, 4) is 16.9 Å². The minimum absolute atomic E-state index is 0.465. The number of amidine groups is 2. The molecule has 6 rings (SSSR count). The molecule has 0 saturated carbocycles. The van der Waals surface area contributed by atoms with Gasteiger partial charge in [0.05, 0.1) is 25.8 Å². The van der Waals surface area contributed by atoms with Crippen molar-refractivity contribution in [2.45, 2.75) is 13.1 Å². The highest BCUT2D eigenvalue weighted by atomic mass is 35.5. The quantitative estimate of drug-likeness (QED) is 0.280. The topological polar surface area (TPSA) is 92.2 Å². The molecule has 0 atom stereocenters. The first-order valence-corrected chi connectivity index (χ1v) is 13.3. The van der Waals surface area contributed by atoms with Crippen molar-refractivity contribution in [3.05, 3.63) is 93.8 Å². The van der Waals surface area contributed by atoms with Gasteiger partial charge in [0.2, 0.25) is 5.76 Å². The maximum Gasteiger partial charge on any atom is 0.210 e. The van der Waals surface area contributed by atoms with Gasteiger partial charge in [0.15, 0.2) is 17.4 Å². The molecule has 9 nitrogen and oxygen atoms in total. The van der Waals surface area contributed by atoms with E-state index in [-0.39, 0.29) is 0 Å². The van der Waals surface area contributed by atoms with E-state index in [9.17, 15) is 0 Å². The van der Waals surface area contributed by atoms with Gasteiger partial charge < -0.3 is 19.1 Å². The normalized spacial score (nSPS) is 15.1. The maximum atomic E-state index is 6.08. The van der Waals surface area contributed by atoms with E-state index in [1.165, 1.54) is 0 Å². The van der Waals surface area contributed by atoms with Crippen LogP contribution in [0.5, 0.6) is 5.75 Å². The third-order valence-corrected chi connectivity index (χ3v) is 7.12. The lowest BCUT2D eigenvalue weighted by atomic mass is 10.0. The number of aliphatic imine (C=N–C) groups is 2. The van der Waals surface area contributed by atoms with E-state index in [0.717, 1.165) is 52.8 Å². The summed E-state index contributed by atoms with van der Waals surface area (Å²) in [6, 6.07) is 15.4. The van der Waals surface area contributed by atoms with Gasteiger partial charge in [-0.1, -0.05) is 52.6 Å². The van der Waals surface area contributed by atoms with Gasteiger partial charge in [-0.15, -0.1) is 0 Å². The van der Waals surface area contributed by atoms with Crippen molar-refractivity contribution in [3.63, 3.8) is 0 Å². The van der Waals surface area contributed by atoms with E-state index in [1.54, 1.807) is 31.6 Å². The maximum absolute atomic E-state index is 6.08. The van der Waals surface area contributed by atoms with Crippen LogP contribution in [0, 0.1) is 0 Å². The van der Waals surface area contributed by atoms with Crippen LogP contribution >= 0.6 is 23.2 Å². The van der Waals surface area contributed by atoms with Crippen molar-refractivity contribution in [1.82, 2.24) is 24.9 Å². The van der Waals surface area contributed by atoms with E-state index in [4.69, 9.17) is 42.4 Å². The number of benzene rings is 1. The highest BCUT2D eigenvalue weighted by molar-refractivity contribution is 6.29. The van der Waals surface area contributed by atoms with E-state index in [0.29, 0.717) is 47.9 Å². The number of halogens is 2. The molecule has 0 unspecified atom stereocenters. The van der Waals surface area contributed by atoms with Gasteiger partial charge in [-0.05, 0) is 41.0 Å². The second-order valence-electron chi connectivity index (χ2n) is 9.20. The number of hydrogen-bond acceptors (Lipinski definition) is 9. The molecule has 3 aromatic heterocycles. The summed E-state index contributed by atoms with van der Waals surface area (Å²) in [5.74, 6) is 2.90. The van der Waals surface area contributed by atoms with Crippen molar-refractivity contribution in [2.24, 2.45) is 9.98 Å². The highest BCUT2D eigenvalue weighted by Gasteiger charge is 2.33. The Morgan fingerprint density at radius 2 is 1.38 bits per heavy atom. The van der Waals surface area contributed by atoms with Gasteiger partial charge in [0, 0.05) is 38.6 Å². The predicted molar refractivity (Wildman–Crippen MR) is 151 cm³/mol. The summed E-state index contributed by atoms with van der Waals surface area (Å²) in [5, 5.41) is 5.50. The zero-order valence-electron chi connectivity index (χ0n) is 21.2. The minimum atomic E-state index is 0.465. The lowest BCUT2D eigenvalue weighted by Gasteiger charge is -2.21. The van der Waals surface area contributed by atoms with Crippen LogP contribution < -0.4 is 4.74 Å². The summed E-state index contributed by atoms with van der Waals surface area (Å²) in [6.45, 7) is 4.09. The van der Waals surface area contributed by atoms with Gasteiger partial charge in [0.25, 0.3) is 0 Å². The lowest BCUT2D eigenvalue weighted by Crippen LogP contribution is -2.29. The van der Waals surface area contributed by atoms with Gasteiger partial charge in [-0.25, -0.2) is 9.97 Å². The monoisotopic (exact) mass is 561 g/mol. The number of pyridine rings is 2. The van der Waals surface area contributed by atoms with Crippen LogP contribution in [0.2, 0.25) is 10.3 Å². The summed E-state index contributed by atoms with van der Waals surface area (Å²) >= 11 is 12.0. The van der Waals surface area contributed by atoms with Gasteiger partial charge in [0.1, 0.15) is 16.1 Å².